The van der Waals surface area contributed by atoms with Crippen LogP contribution >= 0.6 is 7.82 Å². The molecule has 9 nitrogen and oxygen atoms in total. The van der Waals surface area contributed by atoms with E-state index in [9.17, 15) is 19.0 Å². The molecule has 2 unspecified atom stereocenters. The number of quaternary nitrogens is 1. The van der Waals surface area contributed by atoms with Gasteiger partial charge in [-0.2, -0.15) is 0 Å². The summed E-state index contributed by atoms with van der Waals surface area (Å²) >= 11 is 0. The van der Waals surface area contributed by atoms with Crippen molar-refractivity contribution in [2.24, 2.45) is 0 Å². The Morgan fingerprint density at radius 3 is 0.800 bits per heavy atom. The Morgan fingerprint density at radius 2 is 0.540 bits per heavy atom. The summed E-state index contributed by atoms with van der Waals surface area (Å²) in [6.07, 6.45) is 116. The third-order valence-corrected chi connectivity index (χ3v) is 19.2. The van der Waals surface area contributed by atoms with Gasteiger partial charge < -0.3 is 18.9 Å². The fraction of sp³-hybridized carbons (Fsp3) is 0.733. The summed E-state index contributed by atoms with van der Waals surface area (Å²) in [4.78, 5) is 36.0. The maximum absolute atomic E-state index is 12.9. The van der Waals surface area contributed by atoms with E-state index in [0.717, 1.165) is 103 Å². The summed E-state index contributed by atoms with van der Waals surface area (Å²) in [5.41, 5.74) is 0. The molecular weight excluding hydrogens is 1250 g/mol. The molecule has 0 aliphatic rings. The lowest BCUT2D eigenvalue weighted by Crippen LogP contribution is -2.37. The smallest absolute Gasteiger partial charge is 0.462 e. The lowest BCUT2D eigenvalue weighted by molar-refractivity contribution is -0.870. The molecule has 0 rings (SSSR count). The van der Waals surface area contributed by atoms with E-state index in [1.54, 1.807) is 0 Å². The third kappa shape index (κ3) is 83.1. The second kappa shape index (κ2) is 79.3. The van der Waals surface area contributed by atoms with E-state index >= 15 is 0 Å². The Balaban J connectivity index is 3.91. The molecule has 0 aromatic carbocycles. The van der Waals surface area contributed by atoms with E-state index in [1.165, 1.54) is 238 Å². The monoisotopic (exact) mass is 1410 g/mol. The number of hydrogen-bond acceptors (Lipinski definition) is 7. The number of phosphoric ester groups is 1. The van der Waals surface area contributed by atoms with Crippen molar-refractivity contribution in [1.29, 1.82) is 0 Å². The first kappa shape index (κ1) is 96.2. The molecule has 1 N–H and O–H groups in total. The number of hydrogen-bond donors (Lipinski definition) is 1. The minimum atomic E-state index is -4.40. The van der Waals surface area contributed by atoms with Crippen molar-refractivity contribution in [3.63, 3.8) is 0 Å². The molecule has 0 bridgehead atoms. The number of likely N-dealkylation sites (N-methyl/N-ethyl adjacent to an activating group) is 1. The Labute approximate surface area is 619 Å². The molecule has 0 aliphatic carbocycles. The zero-order valence-corrected chi connectivity index (χ0v) is 66.8. The molecule has 100 heavy (non-hydrogen) atoms. The summed E-state index contributed by atoms with van der Waals surface area (Å²) < 4.78 is 34.9. The van der Waals surface area contributed by atoms with Gasteiger partial charge in [-0.15, -0.1) is 0 Å². The fourth-order valence-electron chi connectivity index (χ4n) is 11.9. The zero-order chi connectivity index (χ0) is 72.5. The first-order valence-corrected chi connectivity index (χ1v) is 43.4. The summed E-state index contributed by atoms with van der Waals surface area (Å²) in [5, 5.41) is 0. The number of carbonyl (C=O) groups is 2. The van der Waals surface area contributed by atoms with Crippen LogP contribution in [0.3, 0.4) is 0 Å². The minimum absolute atomic E-state index is 0.0300. The van der Waals surface area contributed by atoms with E-state index in [2.05, 4.69) is 148 Å². The second-order valence-electron chi connectivity index (χ2n) is 29.1. The van der Waals surface area contributed by atoms with E-state index in [-0.39, 0.29) is 32.0 Å². The van der Waals surface area contributed by atoms with E-state index < -0.39 is 26.5 Å². The zero-order valence-electron chi connectivity index (χ0n) is 65.9. The largest absolute Gasteiger partial charge is 0.472 e. The fourth-order valence-corrected chi connectivity index (χ4v) is 12.6. The number of phosphoric acid groups is 1. The van der Waals surface area contributed by atoms with Gasteiger partial charge in [-0.3, -0.25) is 18.6 Å². The molecule has 0 amide bonds. The highest BCUT2D eigenvalue weighted by Gasteiger charge is 2.27. The molecule has 0 radical (unpaired) electrons. The summed E-state index contributed by atoms with van der Waals surface area (Å²) in [7, 11) is 1.49. The van der Waals surface area contributed by atoms with Gasteiger partial charge in [-0.05, 0) is 109 Å². The molecule has 0 aliphatic heterocycles. The Morgan fingerprint density at radius 1 is 0.310 bits per heavy atom. The molecule has 0 spiro atoms. The highest BCUT2D eigenvalue weighted by atomic mass is 31.2. The van der Waals surface area contributed by atoms with Crippen molar-refractivity contribution in [3.05, 3.63) is 134 Å². The molecule has 0 aromatic rings. The van der Waals surface area contributed by atoms with Crippen LogP contribution in [0.2, 0.25) is 0 Å². The van der Waals surface area contributed by atoms with Gasteiger partial charge in [0.25, 0.3) is 0 Å². The molecule has 0 fully saturated rings. The van der Waals surface area contributed by atoms with Crippen molar-refractivity contribution in [1.82, 2.24) is 0 Å². The maximum atomic E-state index is 12.9. The average molecular weight is 1410 g/mol. The Kier molecular flexibility index (Phi) is 76.2. The Bertz CT molecular complexity index is 2160. The summed E-state index contributed by atoms with van der Waals surface area (Å²) in [5.74, 6) is -0.783. The van der Waals surface area contributed by atoms with Crippen LogP contribution in [-0.2, 0) is 32.7 Å². The molecule has 576 valence electrons. The van der Waals surface area contributed by atoms with Crippen molar-refractivity contribution in [2.45, 2.75) is 380 Å². The van der Waals surface area contributed by atoms with E-state index in [4.69, 9.17) is 18.5 Å². The van der Waals surface area contributed by atoms with Crippen molar-refractivity contribution in [2.75, 3.05) is 47.5 Å². The van der Waals surface area contributed by atoms with E-state index in [0.29, 0.717) is 17.4 Å². The van der Waals surface area contributed by atoms with Crippen LogP contribution in [0, 0.1) is 0 Å². The molecule has 2 atom stereocenters. The van der Waals surface area contributed by atoms with Crippen LogP contribution in [-0.4, -0.2) is 74.9 Å². The SMILES string of the molecule is CC/C=C\C/C=C\C/C=C\C/C=C\C/C=C\C/C=C\CCCCCCCCCCCCCCCCCCC(=O)OC(COC(=O)CCCCCCCCCCCCCCCCCCCCCCCCCCC/C=C\C/C=C\C/C=C\C/C=C\C/C=C\CC)COP(=O)(O)OCC[N+](C)(C)C. The number of carbonyl (C=O) groups excluding carboxylic acids is 2. The first-order valence-electron chi connectivity index (χ1n) is 41.9. The summed E-state index contributed by atoms with van der Waals surface area (Å²) in [6.45, 7) is 4.25. The van der Waals surface area contributed by atoms with Crippen LogP contribution in [0.1, 0.15) is 373 Å². The molecule has 0 heterocycles. The minimum Gasteiger partial charge on any atom is -0.462 e. The van der Waals surface area contributed by atoms with Crippen LogP contribution in [0.5, 0.6) is 0 Å². The number of unbranched alkanes of at least 4 members (excludes halogenated alkanes) is 41. The van der Waals surface area contributed by atoms with Gasteiger partial charge in [0, 0.05) is 12.8 Å². The lowest BCUT2D eigenvalue weighted by atomic mass is 10.0. The predicted octanol–water partition coefficient (Wildman–Crippen LogP) is 28.3. The van der Waals surface area contributed by atoms with Crippen LogP contribution in [0.25, 0.3) is 0 Å². The normalized spacial score (nSPS) is 13.7. The number of esters is 2. The lowest BCUT2D eigenvalue weighted by Gasteiger charge is -2.24. The maximum Gasteiger partial charge on any atom is 0.472 e. The number of allylic oxidation sites excluding steroid dienone is 22. The first-order chi connectivity index (χ1) is 49.0. The highest BCUT2D eigenvalue weighted by molar-refractivity contribution is 7.47. The van der Waals surface area contributed by atoms with Gasteiger partial charge in [0.05, 0.1) is 27.7 Å². The third-order valence-electron chi connectivity index (χ3n) is 18.2. The molecule has 10 heteroatoms. The molecular formula is C90H159NO8P+. The standard InChI is InChI=1S/C90H158NO8P/c1-6-8-10-12-14-16-18-20-22-24-26-28-30-32-34-36-38-40-42-43-44-45-46-47-49-50-52-54-56-58-60-62-64-66-68-70-72-74-76-78-80-82-89(92)96-86-88(87-98-100(94,95)97-85-84-91(3,4)5)99-90(93)83-81-79-77-75-73-71-69-67-65-63-61-59-57-55-53-51-48-41-39-37-35-33-31-29-27-25-23-21-19-17-15-13-11-9-7-2/h8-11,14-17,20-23,26-29,32-35,39,41,88H,6-7,12-13,18-19,24-25,30-31,36-38,40,42-87H2,1-5H3/p+1/b10-8-,11-9-,16-14-,17-15-,22-20-,23-21-,28-26-,29-27-,34-32-,35-33-,41-39-. The number of rotatable bonds is 77. The molecule has 0 saturated heterocycles. The van der Waals surface area contributed by atoms with E-state index in [1.807, 2.05) is 21.1 Å². The van der Waals surface area contributed by atoms with Gasteiger partial charge in [0.1, 0.15) is 19.8 Å². The van der Waals surface area contributed by atoms with Crippen molar-refractivity contribution >= 4 is 19.8 Å². The highest BCUT2D eigenvalue weighted by Crippen LogP contribution is 2.43. The van der Waals surface area contributed by atoms with Gasteiger partial charge in [0.2, 0.25) is 0 Å². The Hall–Kier alpha value is -3.85. The van der Waals surface area contributed by atoms with Gasteiger partial charge in [-0.25, -0.2) is 4.57 Å². The van der Waals surface area contributed by atoms with Crippen LogP contribution in [0.15, 0.2) is 134 Å². The topological polar surface area (TPSA) is 108 Å². The summed E-state index contributed by atoms with van der Waals surface area (Å²) in [6, 6.07) is 0. The predicted molar refractivity (Wildman–Crippen MR) is 436 cm³/mol. The van der Waals surface area contributed by atoms with Gasteiger partial charge >= 0.3 is 19.8 Å². The van der Waals surface area contributed by atoms with Crippen LogP contribution in [0.4, 0.5) is 0 Å². The molecule has 0 aromatic heterocycles. The van der Waals surface area contributed by atoms with Crippen molar-refractivity contribution < 1.29 is 42.1 Å². The average Bonchev–Trinajstić information content (AvgIpc) is 1.65. The molecule has 0 saturated carbocycles. The number of ether oxygens (including phenoxy) is 2. The van der Waals surface area contributed by atoms with Gasteiger partial charge in [-0.1, -0.05) is 385 Å². The quantitative estimate of drug-likeness (QED) is 0.0211. The van der Waals surface area contributed by atoms with Crippen molar-refractivity contribution in [3.8, 4) is 0 Å². The van der Waals surface area contributed by atoms with Crippen LogP contribution < -0.4 is 0 Å². The van der Waals surface area contributed by atoms with Gasteiger partial charge in [0.15, 0.2) is 6.10 Å². The second-order valence-corrected chi connectivity index (χ2v) is 30.6. The number of nitrogens with zero attached hydrogens (tertiary/aromatic N) is 1.